The molecule has 0 bridgehead atoms. The first-order chi connectivity index (χ1) is 12.3. The van der Waals surface area contributed by atoms with Gasteiger partial charge in [-0.25, -0.2) is 0 Å². The third-order valence-electron chi connectivity index (χ3n) is 5.23. The Morgan fingerprint density at radius 1 is 1.15 bits per heavy atom. The van der Waals surface area contributed by atoms with E-state index in [1.165, 1.54) is 0 Å². The molecule has 0 aromatic rings. The number of hydrogen-bond acceptors (Lipinski definition) is 4. The van der Waals surface area contributed by atoms with Gasteiger partial charge in [0.05, 0.1) is 18.3 Å². The second-order valence-electron chi connectivity index (χ2n) is 7.64. The third-order valence-corrected chi connectivity index (χ3v) is 5.73. The van der Waals surface area contributed by atoms with Crippen molar-refractivity contribution in [2.75, 3.05) is 0 Å². The van der Waals surface area contributed by atoms with E-state index < -0.39 is 18.2 Å². The Hall–Kier alpha value is -0.620. The summed E-state index contributed by atoms with van der Waals surface area (Å²) in [5.74, 6) is -0.600. The summed E-state index contributed by atoms with van der Waals surface area (Å²) >= 11 is 6.42. The molecule has 0 radical (unpaired) electrons. The highest BCUT2D eigenvalue weighted by atomic mass is 35.5. The van der Waals surface area contributed by atoms with Crippen molar-refractivity contribution in [3.63, 3.8) is 0 Å². The fourth-order valence-corrected chi connectivity index (χ4v) is 4.19. The molecule has 0 spiro atoms. The van der Waals surface area contributed by atoms with E-state index in [2.05, 4.69) is 0 Å². The van der Waals surface area contributed by atoms with Gasteiger partial charge < -0.3 is 20.4 Å². The van der Waals surface area contributed by atoms with Crippen molar-refractivity contribution in [2.24, 2.45) is 11.8 Å². The van der Waals surface area contributed by atoms with Crippen molar-refractivity contribution in [1.82, 2.24) is 0 Å². The van der Waals surface area contributed by atoms with E-state index in [4.69, 9.17) is 16.7 Å². The minimum absolute atomic E-state index is 0.0389. The maximum Gasteiger partial charge on any atom is 0.303 e. The Kier molecular flexibility index (Phi) is 11.4. The van der Waals surface area contributed by atoms with Gasteiger partial charge in [0.2, 0.25) is 0 Å². The van der Waals surface area contributed by atoms with Crippen LogP contribution in [0, 0.1) is 11.8 Å². The first kappa shape index (κ1) is 23.4. The number of aliphatic carboxylic acids is 1. The largest absolute Gasteiger partial charge is 0.481 e. The van der Waals surface area contributed by atoms with Gasteiger partial charge in [-0.05, 0) is 51.4 Å². The molecule has 4 N–H and O–H groups in total. The van der Waals surface area contributed by atoms with Gasteiger partial charge in [-0.15, -0.1) is 11.6 Å². The molecule has 1 saturated carbocycles. The third kappa shape index (κ3) is 9.36. The first-order valence-electron chi connectivity index (χ1n) is 9.89. The van der Waals surface area contributed by atoms with Gasteiger partial charge in [0, 0.05) is 17.7 Å². The Labute approximate surface area is 162 Å². The molecule has 5 nitrogen and oxygen atoms in total. The van der Waals surface area contributed by atoms with Crippen molar-refractivity contribution < 1.29 is 25.2 Å². The molecule has 26 heavy (non-hydrogen) atoms. The summed E-state index contributed by atoms with van der Waals surface area (Å²) in [6.45, 7) is 1.74. The average Bonchev–Trinajstić information content (AvgIpc) is 2.81. The monoisotopic (exact) mass is 390 g/mol. The minimum Gasteiger partial charge on any atom is -0.481 e. The van der Waals surface area contributed by atoms with Crippen LogP contribution in [0.25, 0.3) is 0 Å². The topological polar surface area (TPSA) is 98.0 Å². The lowest BCUT2D eigenvalue weighted by Crippen LogP contribution is -2.19. The van der Waals surface area contributed by atoms with Crippen LogP contribution in [-0.4, -0.2) is 50.1 Å². The van der Waals surface area contributed by atoms with E-state index in [0.717, 1.165) is 32.1 Å². The first-order valence-corrected chi connectivity index (χ1v) is 10.3. The van der Waals surface area contributed by atoms with E-state index in [9.17, 15) is 20.1 Å². The molecule has 1 aliphatic rings. The zero-order valence-electron chi connectivity index (χ0n) is 15.8. The summed E-state index contributed by atoms with van der Waals surface area (Å²) in [4.78, 5) is 10.5. The Balaban J connectivity index is 2.38. The van der Waals surface area contributed by atoms with Crippen LogP contribution in [0.2, 0.25) is 0 Å². The molecule has 0 saturated heterocycles. The number of carbonyl (C=O) groups is 1. The standard InChI is InChI=1S/C20H35ClO5/c1-14(22)7-6-8-15(23)11-12-17-16(18(21)13-19(17)24)9-4-2-3-5-10-20(25)26/h11-12,14-19,22-24H,2-10,13H2,1H3,(H,25,26)/t14-,15+,16-,17-,18-,19-/m1/s1. The SMILES string of the molecule is C[C@@H](O)CCC[C@H](O)C=C[C@@H]1[C@@H](CCCCCCC(=O)O)[C@H](Cl)C[C@H]1O. The normalized spacial score (nSPS) is 28.5. The molecule has 0 aliphatic heterocycles. The summed E-state index contributed by atoms with van der Waals surface area (Å²) in [6, 6.07) is 0. The Bertz CT molecular complexity index is 426. The van der Waals surface area contributed by atoms with Crippen molar-refractivity contribution in [3.8, 4) is 0 Å². The second-order valence-corrected chi connectivity index (χ2v) is 8.20. The summed E-state index contributed by atoms with van der Waals surface area (Å²) in [7, 11) is 0. The Morgan fingerprint density at radius 3 is 2.50 bits per heavy atom. The molecule has 0 aromatic carbocycles. The highest BCUT2D eigenvalue weighted by Crippen LogP contribution is 2.40. The van der Waals surface area contributed by atoms with Crippen LogP contribution in [0.3, 0.4) is 0 Å². The maximum atomic E-state index is 10.5. The van der Waals surface area contributed by atoms with Crippen LogP contribution < -0.4 is 0 Å². The average molecular weight is 391 g/mol. The fourth-order valence-electron chi connectivity index (χ4n) is 3.72. The summed E-state index contributed by atoms with van der Waals surface area (Å²) in [5.41, 5.74) is 0. The van der Waals surface area contributed by atoms with Crippen molar-refractivity contribution in [2.45, 2.75) is 94.8 Å². The van der Waals surface area contributed by atoms with E-state index in [-0.39, 0.29) is 29.7 Å². The van der Waals surface area contributed by atoms with Gasteiger partial charge in [0.25, 0.3) is 0 Å². The molecule has 0 amide bonds. The molecule has 0 heterocycles. The lowest BCUT2D eigenvalue weighted by atomic mass is 9.88. The van der Waals surface area contributed by atoms with Gasteiger partial charge >= 0.3 is 5.97 Å². The second kappa shape index (κ2) is 12.7. The highest BCUT2D eigenvalue weighted by Gasteiger charge is 2.39. The molecule has 0 unspecified atom stereocenters. The number of carboxylic acids is 1. The number of halogens is 1. The molecule has 6 atom stereocenters. The van der Waals surface area contributed by atoms with Crippen LogP contribution in [0.15, 0.2) is 12.2 Å². The van der Waals surface area contributed by atoms with Crippen LogP contribution in [0.1, 0.15) is 71.1 Å². The van der Waals surface area contributed by atoms with E-state index in [1.54, 1.807) is 13.0 Å². The molecule has 1 rings (SSSR count). The van der Waals surface area contributed by atoms with E-state index >= 15 is 0 Å². The maximum absolute atomic E-state index is 10.5. The molecule has 152 valence electrons. The smallest absolute Gasteiger partial charge is 0.303 e. The summed E-state index contributed by atoms with van der Waals surface area (Å²) in [5, 5.41) is 38.2. The number of carboxylic acid groups (broad SMARTS) is 1. The predicted molar refractivity (Wildman–Crippen MR) is 103 cm³/mol. The number of aliphatic hydroxyl groups is 3. The zero-order valence-corrected chi connectivity index (χ0v) is 16.5. The van der Waals surface area contributed by atoms with Crippen LogP contribution in [-0.2, 0) is 4.79 Å². The fraction of sp³-hybridized carbons (Fsp3) is 0.850. The van der Waals surface area contributed by atoms with Crippen LogP contribution >= 0.6 is 11.6 Å². The lowest BCUT2D eigenvalue weighted by Gasteiger charge is -2.21. The predicted octanol–water partition coefficient (Wildman–Crippen LogP) is 3.48. The Morgan fingerprint density at radius 2 is 1.85 bits per heavy atom. The van der Waals surface area contributed by atoms with Gasteiger partial charge in [0.1, 0.15) is 0 Å². The van der Waals surface area contributed by atoms with Gasteiger partial charge in [-0.1, -0.05) is 31.4 Å². The van der Waals surface area contributed by atoms with Gasteiger partial charge in [0.15, 0.2) is 0 Å². The molecule has 6 heteroatoms. The zero-order chi connectivity index (χ0) is 19.5. The van der Waals surface area contributed by atoms with Gasteiger partial charge in [-0.3, -0.25) is 4.79 Å². The number of hydrogen-bond donors (Lipinski definition) is 4. The molecular formula is C20H35ClO5. The summed E-state index contributed by atoms with van der Waals surface area (Å²) in [6.07, 6.45) is 9.56. The number of unbranched alkanes of at least 4 members (excludes halogenated alkanes) is 3. The number of aliphatic hydroxyl groups excluding tert-OH is 3. The van der Waals surface area contributed by atoms with Crippen LogP contribution in [0.5, 0.6) is 0 Å². The van der Waals surface area contributed by atoms with E-state index in [1.807, 2.05) is 6.08 Å². The van der Waals surface area contributed by atoms with Crippen molar-refractivity contribution in [1.29, 1.82) is 0 Å². The summed E-state index contributed by atoms with van der Waals surface area (Å²) < 4.78 is 0. The molecule has 1 fully saturated rings. The minimum atomic E-state index is -0.748. The molecular weight excluding hydrogens is 356 g/mol. The molecule has 1 aliphatic carbocycles. The number of alkyl halides is 1. The van der Waals surface area contributed by atoms with Crippen LogP contribution in [0.4, 0.5) is 0 Å². The highest BCUT2D eigenvalue weighted by molar-refractivity contribution is 6.21. The lowest BCUT2D eigenvalue weighted by molar-refractivity contribution is -0.137. The van der Waals surface area contributed by atoms with E-state index in [0.29, 0.717) is 25.7 Å². The number of rotatable bonds is 13. The van der Waals surface area contributed by atoms with Crippen molar-refractivity contribution >= 4 is 17.6 Å². The molecule has 0 aromatic heterocycles. The quantitative estimate of drug-likeness (QED) is 0.219. The van der Waals surface area contributed by atoms with Crippen molar-refractivity contribution in [3.05, 3.63) is 12.2 Å². The van der Waals surface area contributed by atoms with Gasteiger partial charge in [-0.2, -0.15) is 0 Å².